The molecule has 0 fully saturated rings. The van der Waals surface area contributed by atoms with Gasteiger partial charge in [0.25, 0.3) is 5.91 Å². The number of hydrogen-bond donors (Lipinski definition) is 1. The average molecular weight is 574 g/mol. The highest BCUT2D eigenvalue weighted by molar-refractivity contribution is 14.2. The Kier molecular flexibility index (Phi) is 6.79. The molecule has 0 radical (unpaired) electrons. The van der Waals surface area contributed by atoms with E-state index in [1.54, 1.807) is 0 Å². The van der Waals surface area contributed by atoms with Gasteiger partial charge in [-0.15, -0.1) is 0 Å². The summed E-state index contributed by atoms with van der Waals surface area (Å²) in [5.74, 6) is -0.448. The minimum Gasteiger partial charge on any atom is -0.450 e. The van der Waals surface area contributed by atoms with E-state index in [0.29, 0.717) is 3.69 Å². The van der Waals surface area contributed by atoms with Gasteiger partial charge in [-0.05, 0) is 79.4 Å². The van der Waals surface area contributed by atoms with Gasteiger partial charge in [-0.1, -0.05) is 11.6 Å². The monoisotopic (exact) mass is 573 g/mol. The van der Waals surface area contributed by atoms with Crippen LogP contribution in [-0.2, 0) is 6.18 Å². The van der Waals surface area contributed by atoms with Crippen molar-refractivity contribution in [3.63, 3.8) is 0 Å². The van der Waals surface area contributed by atoms with E-state index >= 15 is 0 Å². The Hall–Kier alpha value is -2.34. The van der Waals surface area contributed by atoms with E-state index in [4.69, 9.17) is 16.3 Å². The van der Waals surface area contributed by atoms with Gasteiger partial charge in [0, 0.05) is 11.3 Å². The van der Waals surface area contributed by atoms with Crippen LogP contribution in [0.1, 0.15) is 15.9 Å². The lowest BCUT2D eigenvalue weighted by atomic mass is 10.1. The molecule has 1 N–H and O–H groups in total. The summed E-state index contributed by atoms with van der Waals surface area (Å²) in [7, 11) is 0. The Bertz CT molecular complexity index is 1090. The Labute approximate surface area is 187 Å². The first-order valence-electron chi connectivity index (χ1n) is 8.35. The highest BCUT2D eigenvalue weighted by Crippen LogP contribution is 2.34. The topological polar surface area (TPSA) is 38.3 Å². The summed E-state index contributed by atoms with van der Waals surface area (Å²) in [6, 6.07) is 7.95. The van der Waals surface area contributed by atoms with Gasteiger partial charge in [0.1, 0.15) is 5.75 Å². The average Bonchev–Trinajstić information content (AvgIpc) is 2.69. The van der Waals surface area contributed by atoms with Crippen molar-refractivity contribution >= 4 is 47.6 Å². The number of halogens is 8. The summed E-state index contributed by atoms with van der Waals surface area (Å²) in [4.78, 5) is 12.2. The number of anilines is 1. The molecule has 2 aromatic rings. The third kappa shape index (κ3) is 6.10. The standard InChI is InChI=1S/C20H11ClF6INO2/c21-15-9-14(29-18(30)11-1-3-12(4-2-11)19(22,23)24)6-7-16(15)31-17-8-5-13(10-28-17)20(25,26)27/h1-10H,(H,29,30). The third-order valence-corrected chi connectivity index (χ3v) is 6.34. The molecule has 2 aromatic carbocycles. The molecule has 1 aliphatic rings. The van der Waals surface area contributed by atoms with Crippen molar-refractivity contribution in [2.45, 2.75) is 12.4 Å². The number of amides is 1. The van der Waals surface area contributed by atoms with E-state index in [-0.39, 0.29) is 22.0 Å². The molecule has 31 heavy (non-hydrogen) atoms. The van der Waals surface area contributed by atoms with Crippen molar-refractivity contribution in [1.29, 1.82) is 0 Å². The van der Waals surface area contributed by atoms with E-state index in [1.165, 1.54) is 24.3 Å². The predicted molar refractivity (Wildman–Crippen MR) is 114 cm³/mol. The maximum Gasteiger partial charge on any atom is 0.416 e. The Balaban J connectivity index is 1.67. The van der Waals surface area contributed by atoms with Crippen LogP contribution in [0.25, 0.3) is 0 Å². The first-order valence-corrected chi connectivity index (χ1v) is 11.1. The van der Waals surface area contributed by atoms with Gasteiger partial charge in [0.05, 0.1) is 16.2 Å². The zero-order chi connectivity index (χ0) is 22.8. The van der Waals surface area contributed by atoms with E-state index in [2.05, 4.69) is 5.32 Å². The fourth-order valence-corrected chi connectivity index (χ4v) is 4.51. The highest BCUT2D eigenvalue weighted by atomic mass is 127. The molecule has 11 heteroatoms. The van der Waals surface area contributed by atoms with Gasteiger partial charge in [-0.3, -0.25) is 4.79 Å². The number of alkyl halides is 6. The lowest BCUT2D eigenvalue weighted by Gasteiger charge is -2.13. The van der Waals surface area contributed by atoms with Gasteiger partial charge >= 0.3 is 12.4 Å². The molecular formula is C20H11ClF6INO2. The lowest BCUT2D eigenvalue weighted by molar-refractivity contribution is -0.137. The Morgan fingerprint density at radius 2 is 1.61 bits per heavy atom. The fourth-order valence-electron chi connectivity index (χ4n) is 2.33. The van der Waals surface area contributed by atoms with Crippen molar-refractivity contribution in [2.75, 3.05) is 5.32 Å². The van der Waals surface area contributed by atoms with Crippen molar-refractivity contribution < 1.29 is 35.9 Å². The third-order valence-electron chi connectivity index (χ3n) is 3.87. The number of hydrogen-bond acceptors (Lipinski definition) is 2. The maximum absolute atomic E-state index is 12.6. The molecule has 1 aliphatic heterocycles. The van der Waals surface area contributed by atoms with Crippen LogP contribution in [0.2, 0.25) is 5.02 Å². The zero-order valence-electron chi connectivity index (χ0n) is 15.1. The van der Waals surface area contributed by atoms with Gasteiger partial charge in [0.2, 0.25) is 0 Å². The number of allylic oxidation sites excluding steroid dienone is 2. The lowest BCUT2D eigenvalue weighted by Crippen LogP contribution is -2.13. The smallest absolute Gasteiger partial charge is 0.416 e. The predicted octanol–water partition coefficient (Wildman–Crippen LogP) is 7.11. The molecular weight excluding hydrogens is 563 g/mol. The summed E-state index contributed by atoms with van der Waals surface area (Å²) >= 11 is 4.99. The summed E-state index contributed by atoms with van der Waals surface area (Å²) in [5, 5.41) is 2.60. The molecule has 3 nitrogen and oxygen atoms in total. The van der Waals surface area contributed by atoms with Crippen LogP contribution in [0.4, 0.5) is 32.0 Å². The van der Waals surface area contributed by atoms with Gasteiger partial charge < -0.3 is 10.1 Å². The van der Waals surface area contributed by atoms with E-state index in [9.17, 15) is 31.1 Å². The van der Waals surface area contributed by atoms with Crippen LogP contribution in [0.5, 0.6) is 5.75 Å². The number of carbonyl (C=O) groups excluding carboxylic acids is 1. The molecule has 3 rings (SSSR count). The van der Waals surface area contributed by atoms with Gasteiger partial charge in [-0.25, -0.2) is 0 Å². The summed E-state index contributed by atoms with van der Waals surface area (Å²) < 4.78 is 82.8. The number of rotatable bonds is 4. The molecule has 1 amide bonds. The molecule has 0 spiro atoms. The van der Waals surface area contributed by atoms with Crippen LogP contribution in [0.15, 0.2) is 64.3 Å². The Morgan fingerprint density at radius 1 is 0.935 bits per heavy atom. The second-order valence-corrected chi connectivity index (χ2v) is 8.80. The van der Waals surface area contributed by atoms with Gasteiger partial charge in [0.15, 0.2) is 3.69 Å². The van der Waals surface area contributed by atoms with Crippen LogP contribution in [-0.4, -0.2) is 15.8 Å². The maximum atomic E-state index is 12.6. The zero-order valence-corrected chi connectivity index (χ0v) is 18.0. The number of carbonyl (C=O) groups is 1. The quantitative estimate of drug-likeness (QED) is 0.313. The highest BCUT2D eigenvalue weighted by Gasteiger charge is 2.32. The molecule has 1 heterocycles. The fraction of sp³-hybridized carbons (Fsp3) is 0.100. The van der Waals surface area contributed by atoms with Crippen LogP contribution < -0.4 is 10.1 Å². The van der Waals surface area contributed by atoms with Crippen molar-refractivity contribution in [1.82, 2.24) is 0 Å². The Morgan fingerprint density at radius 3 is 2.13 bits per heavy atom. The summed E-state index contributed by atoms with van der Waals surface area (Å²) in [5.41, 5.74) is -1.31. The minimum absolute atomic E-state index is 0.0179. The van der Waals surface area contributed by atoms with Crippen molar-refractivity contribution in [2.24, 2.45) is 0 Å². The summed E-state index contributed by atoms with van der Waals surface area (Å²) in [6.45, 7) is 0. The molecule has 0 atom stereocenters. The van der Waals surface area contributed by atoms with Crippen LogP contribution >= 0.6 is 32.3 Å². The van der Waals surface area contributed by atoms with Crippen molar-refractivity contribution in [3.8, 4) is 5.75 Å². The molecule has 0 saturated carbocycles. The minimum atomic E-state index is -4.50. The summed E-state index contributed by atoms with van der Waals surface area (Å²) in [6.07, 6.45) is -6.75. The van der Waals surface area contributed by atoms with Crippen molar-refractivity contribution in [3.05, 3.63) is 80.4 Å². The molecule has 0 aromatic heterocycles. The molecule has 0 saturated heterocycles. The molecule has 0 bridgehead atoms. The normalized spacial score (nSPS) is 14.3. The molecule has 0 aliphatic carbocycles. The largest absolute Gasteiger partial charge is 0.450 e. The van der Waals surface area contributed by atoms with E-state index in [0.717, 1.165) is 34.4 Å². The van der Waals surface area contributed by atoms with E-state index in [1.807, 2.05) is 0 Å². The molecule has 164 valence electrons. The van der Waals surface area contributed by atoms with Crippen LogP contribution in [0.3, 0.4) is 0 Å². The molecule has 0 unspecified atom stereocenters. The SMILES string of the molecule is O=C(Nc1ccc(OC2=IC=C(C(F)(F)F)C=C2)c(Cl)c1)c1ccc(C(F)(F)F)cc1. The first kappa shape index (κ1) is 23.3. The van der Waals surface area contributed by atoms with Gasteiger partial charge in [-0.2, -0.15) is 26.3 Å². The second kappa shape index (κ2) is 9.03. The number of benzene rings is 2. The van der Waals surface area contributed by atoms with Crippen LogP contribution in [0, 0.1) is 0 Å². The number of ether oxygens (including phenoxy) is 1. The second-order valence-electron chi connectivity index (χ2n) is 6.09. The van der Waals surface area contributed by atoms with E-state index < -0.39 is 50.1 Å². The number of nitrogens with one attached hydrogen (secondary N) is 1. The first-order chi connectivity index (χ1) is 14.4.